The molecule has 4 heteroatoms. The van der Waals surface area contributed by atoms with Gasteiger partial charge in [0.2, 0.25) is 0 Å². The summed E-state index contributed by atoms with van der Waals surface area (Å²) in [5.74, 6) is -1.48. The van der Waals surface area contributed by atoms with Gasteiger partial charge in [0, 0.05) is 6.54 Å². The highest BCUT2D eigenvalue weighted by Crippen LogP contribution is 2.14. The SMILES string of the molecule is C=CCNC(C(=O)O)c1cccc(F)c1. The molecule has 15 heavy (non-hydrogen) atoms. The molecule has 0 radical (unpaired) electrons. The normalized spacial score (nSPS) is 12.1. The number of hydrogen-bond acceptors (Lipinski definition) is 2. The second kappa shape index (κ2) is 5.26. The highest BCUT2D eigenvalue weighted by atomic mass is 19.1. The van der Waals surface area contributed by atoms with Crippen molar-refractivity contribution in [3.8, 4) is 0 Å². The number of rotatable bonds is 5. The van der Waals surface area contributed by atoms with Gasteiger partial charge in [-0.1, -0.05) is 18.2 Å². The molecule has 0 aromatic heterocycles. The van der Waals surface area contributed by atoms with E-state index in [-0.39, 0.29) is 0 Å². The topological polar surface area (TPSA) is 49.3 Å². The number of nitrogens with one attached hydrogen (secondary N) is 1. The van der Waals surface area contributed by atoms with Crippen LogP contribution in [0.3, 0.4) is 0 Å². The zero-order chi connectivity index (χ0) is 11.3. The molecule has 0 aliphatic carbocycles. The van der Waals surface area contributed by atoms with Crippen LogP contribution in [-0.4, -0.2) is 17.6 Å². The maximum atomic E-state index is 12.9. The van der Waals surface area contributed by atoms with Crippen LogP contribution in [0.1, 0.15) is 11.6 Å². The average Bonchev–Trinajstić information content (AvgIpc) is 2.18. The fourth-order valence-electron chi connectivity index (χ4n) is 1.24. The molecule has 0 aliphatic heterocycles. The van der Waals surface area contributed by atoms with Gasteiger partial charge in [-0.2, -0.15) is 0 Å². The number of aliphatic carboxylic acids is 1. The molecule has 0 fully saturated rings. The lowest BCUT2D eigenvalue weighted by Gasteiger charge is -2.13. The Morgan fingerprint density at radius 1 is 1.67 bits per heavy atom. The van der Waals surface area contributed by atoms with Crippen molar-refractivity contribution >= 4 is 5.97 Å². The summed E-state index contributed by atoms with van der Waals surface area (Å²) in [4.78, 5) is 10.9. The first-order valence-corrected chi connectivity index (χ1v) is 4.47. The van der Waals surface area contributed by atoms with E-state index in [1.807, 2.05) is 0 Å². The summed E-state index contributed by atoms with van der Waals surface area (Å²) in [6, 6.07) is 4.62. The van der Waals surface area contributed by atoms with Crippen LogP contribution in [0.5, 0.6) is 0 Å². The lowest BCUT2D eigenvalue weighted by molar-refractivity contribution is -0.139. The van der Waals surface area contributed by atoms with E-state index in [0.717, 1.165) is 0 Å². The largest absolute Gasteiger partial charge is 0.480 e. The highest BCUT2D eigenvalue weighted by molar-refractivity contribution is 5.75. The molecule has 0 amide bonds. The zero-order valence-corrected chi connectivity index (χ0v) is 8.11. The predicted octanol–water partition coefficient (Wildman–Crippen LogP) is 1.73. The van der Waals surface area contributed by atoms with E-state index < -0.39 is 17.8 Å². The minimum atomic E-state index is -1.04. The summed E-state index contributed by atoms with van der Waals surface area (Å²) < 4.78 is 12.9. The summed E-state index contributed by atoms with van der Waals surface area (Å²) in [5.41, 5.74) is 0.393. The molecule has 3 nitrogen and oxygen atoms in total. The zero-order valence-electron chi connectivity index (χ0n) is 8.11. The van der Waals surface area contributed by atoms with Crippen LogP contribution in [0.15, 0.2) is 36.9 Å². The van der Waals surface area contributed by atoms with Crippen LogP contribution in [-0.2, 0) is 4.79 Å². The van der Waals surface area contributed by atoms with E-state index in [4.69, 9.17) is 5.11 Å². The molecule has 1 aromatic carbocycles. The van der Waals surface area contributed by atoms with Crippen LogP contribution >= 0.6 is 0 Å². The van der Waals surface area contributed by atoms with E-state index in [9.17, 15) is 9.18 Å². The molecule has 0 aliphatic rings. The van der Waals surface area contributed by atoms with Crippen molar-refractivity contribution in [1.29, 1.82) is 0 Å². The minimum absolute atomic E-state index is 0.355. The van der Waals surface area contributed by atoms with Crippen molar-refractivity contribution in [3.63, 3.8) is 0 Å². The fourth-order valence-corrected chi connectivity index (χ4v) is 1.24. The van der Waals surface area contributed by atoms with Crippen molar-refractivity contribution in [3.05, 3.63) is 48.3 Å². The second-order valence-electron chi connectivity index (χ2n) is 3.02. The molecule has 1 rings (SSSR count). The van der Waals surface area contributed by atoms with E-state index in [0.29, 0.717) is 12.1 Å². The summed E-state index contributed by atoms with van der Waals surface area (Å²) in [5, 5.41) is 11.7. The van der Waals surface area contributed by atoms with Crippen LogP contribution in [0, 0.1) is 5.82 Å². The standard InChI is InChI=1S/C11H12FNO2/c1-2-6-13-10(11(14)15)8-4-3-5-9(12)7-8/h2-5,7,10,13H,1,6H2,(H,14,15). The first-order chi connectivity index (χ1) is 7.15. The summed E-state index contributed by atoms with van der Waals surface area (Å²) in [6.07, 6.45) is 1.55. The van der Waals surface area contributed by atoms with Crippen molar-refractivity contribution < 1.29 is 14.3 Å². The lowest BCUT2D eigenvalue weighted by atomic mass is 10.1. The van der Waals surface area contributed by atoms with Gasteiger partial charge >= 0.3 is 5.97 Å². The molecule has 80 valence electrons. The smallest absolute Gasteiger partial charge is 0.325 e. The molecule has 0 bridgehead atoms. The van der Waals surface area contributed by atoms with Crippen molar-refractivity contribution in [1.82, 2.24) is 5.32 Å². The minimum Gasteiger partial charge on any atom is -0.480 e. The number of halogens is 1. The number of benzene rings is 1. The highest BCUT2D eigenvalue weighted by Gasteiger charge is 2.18. The van der Waals surface area contributed by atoms with Gasteiger partial charge in [-0.25, -0.2) is 4.39 Å². The summed E-state index contributed by atoms with van der Waals surface area (Å²) in [6.45, 7) is 3.83. The quantitative estimate of drug-likeness (QED) is 0.726. The third-order valence-corrected chi connectivity index (χ3v) is 1.90. The number of carboxylic acids is 1. The molecule has 0 spiro atoms. The van der Waals surface area contributed by atoms with E-state index in [2.05, 4.69) is 11.9 Å². The molecule has 2 N–H and O–H groups in total. The summed E-state index contributed by atoms with van der Waals surface area (Å²) >= 11 is 0. The molecule has 1 unspecified atom stereocenters. The molecule has 1 aromatic rings. The van der Waals surface area contributed by atoms with E-state index in [1.54, 1.807) is 12.1 Å². The molecule has 0 heterocycles. The van der Waals surface area contributed by atoms with Gasteiger partial charge in [0.15, 0.2) is 0 Å². The number of carbonyl (C=O) groups is 1. The van der Waals surface area contributed by atoms with E-state index >= 15 is 0 Å². The lowest BCUT2D eigenvalue weighted by Crippen LogP contribution is -2.28. The second-order valence-corrected chi connectivity index (χ2v) is 3.02. The van der Waals surface area contributed by atoms with Gasteiger partial charge in [0.1, 0.15) is 11.9 Å². The van der Waals surface area contributed by atoms with Crippen LogP contribution < -0.4 is 5.32 Å². The van der Waals surface area contributed by atoms with Gasteiger partial charge in [0.25, 0.3) is 0 Å². The van der Waals surface area contributed by atoms with Crippen LogP contribution in [0.2, 0.25) is 0 Å². The molecule has 0 saturated heterocycles. The molecular formula is C11H12FNO2. The van der Waals surface area contributed by atoms with Gasteiger partial charge in [0.05, 0.1) is 0 Å². The number of carboxylic acid groups (broad SMARTS) is 1. The van der Waals surface area contributed by atoms with Gasteiger partial charge < -0.3 is 5.11 Å². The maximum Gasteiger partial charge on any atom is 0.325 e. The van der Waals surface area contributed by atoms with Gasteiger partial charge in [-0.05, 0) is 17.7 Å². The Hall–Kier alpha value is -1.68. The Labute approximate surface area is 87.2 Å². The third-order valence-electron chi connectivity index (χ3n) is 1.90. The molecular weight excluding hydrogens is 197 g/mol. The van der Waals surface area contributed by atoms with Gasteiger partial charge in [-0.3, -0.25) is 10.1 Å². The molecule has 0 saturated carbocycles. The fraction of sp³-hybridized carbons (Fsp3) is 0.182. The third kappa shape index (κ3) is 3.18. The van der Waals surface area contributed by atoms with Crippen LogP contribution in [0.4, 0.5) is 4.39 Å². The molecule has 1 atom stereocenters. The monoisotopic (exact) mass is 209 g/mol. The average molecular weight is 209 g/mol. The number of hydrogen-bond donors (Lipinski definition) is 2. The first kappa shape index (κ1) is 11.4. The Morgan fingerprint density at radius 3 is 2.93 bits per heavy atom. The Morgan fingerprint density at radius 2 is 2.40 bits per heavy atom. The van der Waals surface area contributed by atoms with E-state index in [1.165, 1.54) is 18.2 Å². The predicted molar refractivity (Wildman–Crippen MR) is 55.0 cm³/mol. The first-order valence-electron chi connectivity index (χ1n) is 4.47. The van der Waals surface area contributed by atoms with Crippen molar-refractivity contribution in [2.45, 2.75) is 6.04 Å². The Bertz CT molecular complexity index is 365. The van der Waals surface area contributed by atoms with Crippen molar-refractivity contribution in [2.75, 3.05) is 6.54 Å². The Balaban J connectivity index is 2.88. The van der Waals surface area contributed by atoms with Crippen LogP contribution in [0.25, 0.3) is 0 Å². The summed E-state index contributed by atoms with van der Waals surface area (Å²) in [7, 11) is 0. The Kier molecular flexibility index (Phi) is 4.00. The van der Waals surface area contributed by atoms with Gasteiger partial charge in [-0.15, -0.1) is 6.58 Å². The van der Waals surface area contributed by atoms with Crippen molar-refractivity contribution in [2.24, 2.45) is 0 Å². The maximum absolute atomic E-state index is 12.9.